The average Bonchev–Trinajstić information content (AvgIpc) is 2.29. The van der Waals surface area contributed by atoms with E-state index in [4.69, 9.17) is 10.5 Å². The molecule has 0 spiro atoms. The van der Waals surface area contributed by atoms with Crippen LogP contribution < -0.4 is 15.9 Å². The summed E-state index contributed by atoms with van der Waals surface area (Å²) in [5.74, 6) is 0.238. The Morgan fingerprint density at radius 2 is 2.11 bits per heavy atom. The number of urea groups is 1. The van der Waals surface area contributed by atoms with Crippen molar-refractivity contribution < 1.29 is 14.3 Å². The second kappa shape index (κ2) is 4.38. The number of carbonyl (C=O) groups is 2. The maximum Gasteiger partial charge on any atom is 0.332 e. The molecule has 3 N–H and O–H groups in total. The molecule has 100 valence electrons. The first kappa shape index (κ1) is 13.1. The monoisotopic (exact) mass is 261 g/mol. The topological polar surface area (TPSA) is 93.8 Å². The van der Waals surface area contributed by atoms with Crippen LogP contribution in [0.1, 0.15) is 29.8 Å². The summed E-state index contributed by atoms with van der Waals surface area (Å²) in [5, 5.41) is 3.76. The minimum atomic E-state index is -0.929. The van der Waals surface area contributed by atoms with Crippen LogP contribution in [0.15, 0.2) is 23.3 Å². The van der Waals surface area contributed by atoms with Gasteiger partial charge in [-0.25, -0.2) is 10.2 Å². The first-order chi connectivity index (χ1) is 8.81. The number of nitrogens with one attached hydrogen (secondary N) is 1. The third-order valence-corrected chi connectivity index (χ3v) is 2.81. The molecule has 1 aliphatic rings. The van der Waals surface area contributed by atoms with E-state index in [-0.39, 0.29) is 11.5 Å². The van der Waals surface area contributed by atoms with Crippen LogP contribution in [-0.4, -0.2) is 23.1 Å². The summed E-state index contributed by atoms with van der Waals surface area (Å²) in [6.45, 7) is 5.29. The molecule has 1 aromatic carbocycles. The number of fused-ring (bicyclic) bond motifs is 1. The van der Waals surface area contributed by atoms with Crippen molar-refractivity contribution in [3.05, 3.63) is 29.3 Å². The number of benzene rings is 1. The standard InChI is InChI=1S/C13H15N3O3/c1-7-4-5-9-8(6-7)10(17)11(13(2,3)19-9)15-16-12(14)18/h4-6H,1-3H3,(H3,14,16,18)/b15-11+. The fourth-order valence-electron chi connectivity index (χ4n) is 1.93. The van der Waals surface area contributed by atoms with Crippen molar-refractivity contribution in [2.24, 2.45) is 10.8 Å². The number of ether oxygens (including phenoxy) is 1. The van der Waals surface area contributed by atoms with Crippen LogP contribution in [0.25, 0.3) is 0 Å². The molecule has 1 aliphatic heterocycles. The molecular weight excluding hydrogens is 246 g/mol. The molecule has 0 radical (unpaired) electrons. The molecule has 6 heteroatoms. The van der Waals surface area contributed by atoms with E-state index in [0.29, 0.717) is 11.3 Å². The van der Waals surface area contributed by atoms with Crippen LogP contribution in [0.4, 0.5) is 4.79 Å². The number of amides is 2. The van der Waals surface area contributed by atoms with Gasteiger partial charge in [0.05, 0.1) is 5.56 Å². The highest BCUT2D eigenvalue weighted by molar-refractivity contribution is 6.49. The fraction of sp³-hybridized carbons (Fsp3) is 0.308. The molecule has 1 aromatic rings. The Hall–Kier alpha value is -2.37. The van der Waals surface area contributed by atoms with Crippen LogP contribution in [-0.2, 0) is 0 Å². The van der Waals surface area contributed by atoms with E-state index in [1.54, 1.807) is 26.0 Å². The normalized spacial score (nSPS) is 18.7. The summed E-state index contributed by atoms with van der Waals surface area (Å²) >= 11 is 0. The molecule has 0 saturated carbocycles. The largest absolute Gasteiger partial charge is 0.481 e. The number of aryl methyl sites for hydroxylation is 1. The van der Waals surface area contributed by atoms with Gasteiger partial charge in [-0.3, -0.25) is 4.79 Å². The van der Waals surface area contributed by atoms with Gasteiger partial charge >= 0.3 is 6.03 Å². The van der Waals surface area contributed by atoms with Gasteiger partial charge in [-0.15, -0.1) is 0 Å². The molecule has 0 aliphatic carbocycles. The van der Waals surface area contributed by atoms with Gasteiger partial charge in [-0.05, 0) is 32.9 Å². The molecule has 2 rings (SSSR count). The Morgan fingerprint density at radius 3 is 2.74 bits per heavy atom. The van der Waals surface area contributed by atoms with Crippen molar-refractivity contribution in [2.45, 2.75) is 26.4 Å². The number of Topliss-reactive ketones (excluding diaryl/α,β-unsaturated/α-hetero) is 1. The summed E-state index contributed by atoms with van der Waals surface area (Å²) in [6, 6.07) is 4.52. The van der Waals surface area contributed by atoms with E-state index in [9.17, 15) is 9.59 Å². The highest BCUT2D eigenvalue weighted by Crippen LogP contribution is 2.32. The number of rotatable bonds is 1. The lowest BCUT2D eigenvalue weighted by molar-refractivity contribution is 0.0981. The molecular formula is C13H15N3O3. The predicted octanol–water partition coefficient (Wildman–Crippen LogP) is 1.37. The number of primary amides is 1. The zero-order chi connectivity index (χ0) is 14.2. The van der Waals surface area contributed by atoms with Crippen molar-refractivity contribution >= 4 is 17.5 Å². The summed E-state index contributed by atoms with van der Waals surface area (Å²) in [5.41, 5.74) is 7.59. The molecule has 19 heavy (non-hydrogen) atoms. The quantitative estimate of drug-likeness (QED) is 0.747. The minimum Gasteiger partial charge on any atom is -0.481 e. The predicted molar refractivity (Wildman–Crippen MR) is 70.4 cm³/mol. The number of carbonyl (C=O) groups excluding carboxylic acids is 2. The van der Waals surface area contributed by atoms with Crippen LogP contribution in [0.2, 0.25) is 0 Å². The van der Waals surface area contributed by atoms with E-state index in [2.05, 4.69) is 10.5 Å². The van der Waals surface area contributed by atoms with Crippen LogP contribution in [0.5, 0.6) is 5.75 Å². The minimum absolute atomic E-state index is 0.115. The number of hydrogen-bond acceptors (Lipinski definition) is 4. The first-order valence-corrected chi connectivity index (χ1v) is 5.79. The second-order valence-corrected chi connectivity index (χ2v) is 4.88. The van der Waals surface area contributed by atoms with E-state index in [0.717, 1.165) is 5.56 Å². The summed E-state index contributed by atoms with van der Waals surface area (Å²) in [6.07, 6.45) is 0. The summed E-state index contributed by atoms with van der Waals surface area (Å²) in [7, 11) is 0. The summed E-state index contributed by atoms with van der Waals surface area (Å²) < 4.78 is 5.75. The molecule has 0 fully saturated rings. The lowest BCUT2D eigenvalue weighted by Crippen LogP contribution is -2.48. The number of hydrazone groups is 1. The highest BCUT2D eigenvalue weighted by atomic mass is 16.5. The number of nitrogens with two attached hydrogens (primary N) is 1. The van der Waals surface area contributed by atoms with Crippen molar-refractivity contribution in [1.29, 1.82) is 0 Å². The highest BCUT2D eigenvalue weighted by Gasteiger charge is 2.40. The Bertz CT molecular complexity index is 591. The van der Waals surface area contributed by atoms with Gasteiger partial charge in [0.1, 0.15) is 5.75 Å². The Balaban J connectivity index is 2.50. The third kappa shape index (κ3) is 2.42. The van der Waals surface area contributed by atoms with E-state index >= 15 is 0 Å². The van der Waals surface area contributed by atoms with E-state index < -0.39 is 11.6 Å². The van der Waals surface area contributed by atoms with Gasteiger partial charge in [-0.2, -0.15) is 5.10 Å². The van der Waals surface area contributed by atoms with Crippen molar-refractivity contribution in [3.63, 3.8) is 0 Å². The van der Waals surface area contributed by atoms with Gasteiger partial charge < -0.3 is 10.5 Å². The fourth-order valence-corrected chi connectivity index (χ4v) is 1.93. The van der Waals surface area contributed by atoms with E-state index in [1.165, 1.54) is 0 Å². The molecule has 0 unspecified atom stereocenters. The third-order valence-electron chi connectivity index (χ3n) is 2.81. The van der Waals surface area contributed by atoms with E-state index in [1.807, 2.05) is 13.0 Å². The molecule has 0 atom stereocenters. The zero-order valence-corrected chi connectivity index (χ0v) is 11.0. The maximum absolute atomic E-state index is 12.4. The van der Waals surface area contributed by atoms with Gasteiger partial charge in [0.2, 0.25) is 5.78 Å². The van der Waals surface area contributed by atoms with Crippen LogP contribution >= 0.6 is 0 Å². The molecule has 0 bridgehead atoms. The molecule has 6 nitrogen and oxygen atoms in total. The van der Waals surface area contributed by atoms with Gasteiger partial charge in [-0.1, -0.05) is 11.6 Å². The molecule has 0 saturated heterocycles. The molecule has 2 amide bonds. The number of nitrogens with zero attached hydrogens (tertiary/aromatic N) is 1. The Labute approximate surface area is 110 Å². The molecule has 0 aromatic heterocycles. The van der Waals surface area contributed by atoms with Crippen molar-refractivity contribution in [3.8, 4) is 5.75 Å². The maximum atomic E-state index is 12.4. The Kier molecular flexibility index (Phi) is 3.01. The SMILES string of the molecule is Cc1ccc2c(c1)C(=O)/C(=N\NC(N)=O)C(C)(C)O2. The van der Waals surface area contributed by atoms with Gasteiger partial charge in [0.15, 0.2) is 11.3 Å². The second-order valence-electron chi connectivity index (χ2n) is 4.88. The van der Waals surface area contributed by atoms with Crippen molar-refractivity contribution in [2.75, 3.05) is 0 Å². The summed E-state index contributed by atoms with van der Waals surface area (Å²) in [4.78, 5) is 23.1. The van der Waals surface area contributed by atoms with Crippen LogP contribution in [0, 0.1) is 6.92 Å². The average molecular weight is 261 g/mol. The van der Waals surface area contributed by atoms with Crippen molar-refractivity contribution in [1.82, 2.24) is 5.43 Å². The molecule has 1 heterocycles. The number of ketones is 1. The Morgan fingerprint density at radius 1 is 1.42 bits per heavy atom. The number of hydrogen-bond donors (Lipinski definition) is 2. The zero-order valence-electron chi connectivity index (χ0n) is 11.0. The smallest absolute Gasteiger partial charge is 0.332 e. The lowest BCUT2D eigenvalue weighted by atomic mass is 9.90. The lowest BCUT2D eigenvalue weighted by Gasteiger charge is -2.32. The first-order valence-electron chi connectivity index (χ1n) is 5.79. The van der Waals surface area contributed by atoms with Gasteiger partial charge in [0.25, 0.3) is 0 Å². The van der Waals surface area contributed by atoms with Gasteiger partial charge in [0, 0.05) is 0 Å². The van der Waals surface area contributed by atoms with Crippen LogP contribution in [0.3, 0.4) is 0 Å².